The highest BCUT2D eigenvalue weighted by molar-refractivity contribution is 7.84. The molecular weight excluding hydrogens is 208 g/mol. The van der Waals surface area contributed by atoms with Gasteiger partial charge in [-0.3, -0.25) is 9.19 Å². The molecule has 0 aromatic carbocycles. The normalized spacial score (nSPS) is 17.0. The SMILES string of the molecule is CC(CS(C)=O)NC(C)c1ccccn1. The van der Waals surface area contributed by atoms with Gasteiger partial charge in [0.15, 0.2) is 0 Å². The van der Waals surface area contributed by atoms with Crippen molar-refractivity contribution in [3.63, 3.8) is 0 Å². The molecule has 0 fully saturated rings. The van der Waals surface area contributed by atoms with Gasteiger partial charge in [0.05, 0.1) is 5.69 Å². The predicted octanol–water partition coefficient (Wildman–Crippen LogP) is 1.50. The van der Waals surface area contributed by atoms with E-state index in [1.165, 1.54) is 0 Å². The Bertz CT molecular complexity index is 316. The molecule has 1 N–H and O–H groups in total. The van der Waals surface area contributed by atoms with E-state index in [0.29, 0.717) is 5.75 Å². The molecular formula is C11H18N2OS. The van der Waals surface area contributed by atoms with Gasteiger partial charge in [-0.25, -0.2) is 0 Å². The second kappa shape index (κ2) is 5.98. The molecule has 1 aromatic rings. The highest BCUT2D eigenvalue weighted by Crippen LogP contribution is 2.08. The van der Waals surface area contributed by atoms with E-state index < -0.39 is 10.8 Å². The van der Waals surface area contributed by atoms with Gasteiger partial charge < -0.3 is 5.32 Å². The Balaban J connectivity index is 2.49. The minimum absolute atomic E-state index is 0.199. The minimum Gasteiger partial charge on any atom is -0.305 e. The van der Waals surface area contributed by atoms with Crippen LogP contribution in [-0.4, -0.2) is 27.2 Å². The van der Waals surface area contributed by atoms with Gasteiger partial charge in [0, 0.05) is 41.1 Å². The van der Waals surface area contributed by atoms with Crippen molar-refractivity contribution in [2.24, 2.45) is 0 Å². The van der Waals surface area contributed by atoms with E-state index in [4.69, 9.17) is 0 Å². The Kier molecular flexibility index (Phi) is 4.91. The van der Waals surface area contributed by atoms with E-state index in [1.807, 2.05) is 25.1 Å². The second-order valence-corrected chi connectivity index (χ2v) is 5.26. The van der Waals surface area contributed by atoms with Gasteiger partial charge in [-0.05, 0) is 26.0 Å². The van der Waals surface area contributed by atoms with Gasteiger partial charge in [-0.1, -0.05) is 6.07 Å². The molecule has 3 atom stereocenters. The first-order valence-electron chi connectivity index (χ1n) is 5.06. The largest absolute Gasteiger partial charge is 0.305 e. The third kappa shape index (κ3) is 4.53. The van der Waals surface area contributed by atoms with Crippen molar-refractivity contribution < 1.29 is 4.21 Å². The predicted molar refractivity (Wildman–Crippen MR) is 64.2 cm³/mol. The molecule has 0 bridgehead atoms. The summed E-state index contributed by atoms with van der Waals surface area (Å²) in [6.07, 6.45) is 3.51. The van der Waals surface area contributed by atoms with Crippen LogP contribution in [-0.2, 0) is 10.8 Å². The fraction of sp³-hybridized carbons (Fsp3) is 0.545. The topological polar surface area (TPSA) is 42.0 Å². The van der Waals surface area contributed by atoms with E-state index >= 15 is 0 Å². The average Bonchev–Trinajstić information content (AvgIpc) is 2.17. The molecule has 0 aliphatic carbocycles. The Morgan fingerprint density at radius 3 is 2.73 bits per heavy atom. The van der Waals surface area contributed by atoms with Crippen LogP contribution in [0.4, 0.5) is 0 Å². The molecule has 84 valence electrons. The zero-order valence-corrected chi connectivity index (χ0v) is 10.3. The minimum atomic E-state index is -0.751. The van der Waals surface area contributed by atoms with Crippen molar-refractivity contribution in [3.8, 4) is 0 Å². The van der Waals surface area contributed by atoms with Crippen LogP contribution in [0.5, 0.6) is 0 Å². The summed E-state index contributed by atoms with van der Waals surface area (Å²) in [6, 6.07) is 6.31. The van der Waals surface area contributed by atoms with Crippen molar-refractivity contribution in [3.05, 3.63) is 30.1 Å². The van der Waals surface area contributed by atoms with E-state index in [-0.39, 0.29) is 12.1 Å². The third-order valence-electron chi connectivity index (χ3n) is 2.15. The highest BCUT2D eigenvalue weighted by Gasteiger charge is 2.10. The molecule has 1 rings (SSSR count). The van der Waals surface area contributed by atoms with Crippen LogP contribution in [0.3, 0.4) is 0 Å². The molecule has 15 heavy (non-hydrogen) atoms. The molecule has 4 heteroatoms. The first kappa shape index (κ1) is 12.3. The molecule has 1 aromatic heterocycles. The summed E-state index contributed by atoms with van der Waals surface area (Å²) in [7, 11) is -0.751. The number of nitrogens with one attached hydrogen (secondary N) is 1. The summed E-state index contributed by atoms with van der Waals surface area (Å²) < 4.78 is 11.0. The lowest BCUT2D eigenvalue weighted by molar-refractivity contribution is 0.499. The highest BCUT2D eigenvalue weighted by atomic mass is 32.2. The summed E-state index contributed by atoms with van der Waals surface area (Å²) in [5.74, 6) is 0.678. The lowest BCUT2D eigenvalue weighted by atomic mass is 10.2. The van der Waals surface area contributed by atoms with E-state index in [0.717, 1.165) is 5.69 Å². The number of hydrogen-bond acceptors (Lipinski definition) is 3. The maximum atomic E-state index is 11.0. The van der Waals surface area contributed by atoms with E-state index in [2.05, 4.69) is 17.2 Å². The van der Waals surface area contributed by atoms with Crippen molar-refractivity contribution in [2.45, 2.75) is 25.9 Å². The number of rotatable bonds is 5. The molecule has 0 saturated heterocycles. The summed E-state index contributed by atoms with van der Waals surface area (Å²) in [5, 5.41) is 3.37. The fourth-order valence-corrected chi connectivity index (χ4v) is 2.34. The Hall–Kier alpha value is -0.740. The standard InChI is InChI=1S/C11H18N2OS/c1-9(8-15(3)14)13-10(2)11-6-4-5-7-12-11/h4-7,9-10,13H,8H2,1-3H3. The summed E-state index contributed by atoms with van der Waals surface area (Å²) >= 11 is 0. The van der Waals surface area contributed by atoms with E-state index in [9.17, 15) is 4.21 Å². The molecule has 3 nitrogen and oxygen atoms in total. The zero-order chi connectivity index (χ0) is 11.3. The Labute approximate surface area is 93.8 Å². The van der Waals surface area contributed by atoms with Gasteiger partial charge in [0.1, 0.15) is 0 Å². The molecule has 0 saturated carbocycles. The van der Waals surface area contributed by atoms with Crippen LogP contribution in [0.25, 0.3) is 0 Å². The van der Waals surface area contributed by atoms with Gasteiger partial charge in [0.2, 0.25) is 0 Å². The molecule has 0 aliphatic rings. The Morgan fingerprint density at radius 1 is 1.47 bits per heavy atom. The van der Waals surface area contributed by atoms with Gasteiger partial charge in [-0.2, -0.15) is 0 Å². The van der Waals surface area contributed by atoms with Crippen LogP contribution in [0.2, 0.25) is 0 Å². The zero-order valence-electron chi connectivity index (χ0n) is 9.43. The molecule has 1 heterocycles. The number of pyridine rings is 1. The molecule has 0 spiro atoms. The fourth-order valence-electron chi connectivity index (χ4n) is 1.54. The van der Waals surface area contributed by atoms with Crippen LogP contribution < -0.4 is 5.32 Å². The summed E-state index contributed by atoms with van der Waals surface area (Å²) in [4.78, 5) is 4.27. The van der Waals surface area contributed by atoms with Crippen LogP contribution in [0, 0.1) is 0 Å². The number of aromatic nitrogens is 1. The van der Waals surface area contributed by atoms with Crippen molar-refractivity contribution in [1.29, 1.82) is 0 Å². The maximum Gasteiger partial charge on any atom is 0.0570 e. The second-order valence-electron chi connectivity index (χ2n) is 3.78. The van der Waals surface area contributed by atoms with Crippen LogP contribution >= 0.6 is 0 Å². The van der Waals surface area contributed by atoms with Crippen molar-refractivity contribution in [2.75, 3.05) is 12.0 Å². The van der Waals surface area contributed by atoms with Crippen molar-refractivity contribution in [1.82, 2.24) is 10.3 Å². The van der Waals surface area contributed by atoms with Gasteiger partial charge in [0.25, 0.3) is 0 Å². The number of hydrogen-bond donors (Lipinski definition) is 1. The molecule has 0 aliphatic heterocycles. The third-order valence-corrected chi connectivity index (χ3v) is 3.12. The quantitative estimate of drug-likeness (QED) is 0.827. The monoisotopic (exact) mass is 226 g/mol. The van der Waals surface area contributed by atoms with Crippen LogP contribution in [0.15, 0.2) is 24.4 Å². The first-order valence-corrected chi connectivity index (χ1v) is 6.79. The maximum absolute atomic E-state index is 11.0. The van der Waals surface area contributed by atoms with Crippen LogP contribution in [0.1, 0.15) is 25.6 Å². The molecule has 3 unspecified atom stereocenters. The average molecular weight is 226 g/mol. The Morgan fingerprint density at radius 2 is 2.20 bits per heavy atom. The van der Waals surface area contributed by atoms with E-state index in [1.54, 1.807) is 12.5 Å². The number of nitrogens with zero attached hydrogens (tertiary/aromatic N) is 1. The lowest BCUT2D eigenvalue weighted by Gasteiger charge is -2.18. The smallest absolute Gasteiger partial charge is 0.0570 e. The summed E-state index contributed by atoms with van der Waals surface area (Å²) in [6.45, 7) is 4.11. The van der Waals surface area contributed by atoms with Gasteiger partial charge in [-0.15, -0.1) is 0 Å². The van der Waals surface area contributed by atoms with Crippen molar-refractivity contribution >= 4 is 10.8 Å². The molecule has 0 amide bonds. The molecule has 0 radical (unpaired) electrons. The first-order chi connectivity index (χ1) is 7.09. The summed E-state index contributed by atoms with van der Waals surface area (Å²) in [5.41, 5.74) is 1.02. The van der Waals surface area contributed by atoms with Gasteiger partial charge >= 0.3 is 0 Å². The lowest BCUT2D eigenvalue weighted by Crippen LogP contribution is -2.33.